The highest BCUT2D eigenvalue weighted by Gasteiger charge is 2.22. The fourth-order valence-electron chi connectivity index (χ4n) is 9.08. The van der Waals surface area contributed by atoms with Crippen molar-refractivity contribution in [2.45, 2.75) is 0 Å². The zero-order chi connectivity index (χ0) is 39.8. The van der Waals surface area contributed by atoms with Crippen molar-refractivity contribution in [3.63, 3.8) is 0 Å². The number of hydrogen-bond donors (Lipinski definition) is 0. The van der Waals surface area contributed by atoms with Crippen molar-refractivity contribution in [1.82, 2.24) is 4.57 Å². The Labute approximate surface area is 350 Å². The lowest BCUT2D eigenvalue weighted by atomic mass is 9.93. The summed E-state index contributed by atoms with van der Waals surface area (Å²) in [5.41, 5.74) is 16.4. The average molecular weight is 765 g/mol. The minimum Gasteiger partial charge on any atom is -0.310 e. The monoisotopic (exact) mass is 764 g/mol. The molecule has 1 heterocycles. The van der Waals surface area contributed by atoms with Gasteiger partial charge in [0.2, 0.25) is 0 Å². The molecular formula is C58H40N2. The van der Waals surface area contributed by atoms with E-state index in [2.05, 4.69) is 252 Å². The van der Waals surface area contributed by atoms with Crippen LogP contribution in [0.2, 0.25) is 0 Å². The molecule has 0 aliphatic carbocycles. The molecule has 11 rings (SSSR count). The van der Waals surface area contributed by atoms with Crippen molar-refractivity contribution in [3.8, 4) is 50.2 Å². The van der Waals surface area contributed by atoms with Gasteiger partial charge in [0.25, 0.3) is 0 Å². The summed E-state index contributed by atoms with van der Waals surface area (Å²) in [5.74, 6) is 0. The van der Waals surface area contributed by atoms with Crippen molar-refractivity contribution in [2.75, 3.05) is 4.90 Å². The summed E-state index contributed by atoms with van der Waals surface area (Å²) in [6.07, 6.45) is 0. The van der Waals surface area contributed by atoms with Gasteiger partial charge in [-0.15, -0.1) is 0 Å². The Morgan fingerprint density at radius 1 is 0.267 bits per heavy atom. The fourth-order valence-corrected chi connectivity index (χ4v) is 9.08. The van der Waals surface area contributed by atoms with E-state index in [1.807, 2.05) is 0 Å². The van der Waals surface area contributed by atoms with E-state index in [9.17, 15) is 0 Å². The van der Waals surface area contributed by atoms with Crippen LogP contribution in [0.4, 0.5) is 17.1 Å². The molecular weight excluding hydrogens is 725 g/mol. The lowest BCUT2D eigenvalue weighted by Crippen LogP contribution is -2.11. The number of fused-ring (bicyclic) bond motifs is 4. The summed E-state index contributed by atoms with van der Waals surface area (Å²) in [6.45, 7) is 0. The van der Waals surface area contributed by atoms with Gasteiger partial charge in [0.15, 0.2) is 0 Å². The highest BCUT2D eigenvalue weighted by atomic mass is 15.1. The molecule has 0 saturated carbocycles. The van der Waals surface area contributed by atoms with Gasteiger partial charge in [-0.05, 0) is 104 Å². The molecule has 0 bridgehead atoms. The molecule has 1 aromatic heterocycles. The molecule has 0 aliphatic heterocycles. The molecule has 0 fully saturated rings. The van der Waals surface area contributed by atoms with E-state index in [1.165, 1.54) is 71.5 Å². The smallest absolute Gasteiger partial charge is 0.0547 e. The highest BCUT2D eigenvalue weighted by Crippen LogP contribution is 2.46. The Kier molecular flexibility index (Phi) is 8.87. The van der Waals surface area contributed by atoms with E-state index in [1.54, 1.807) is 0 Å². The van der Waals surface area contributed by atoms with Crippen LogP contribution in [-0.4, -0.2) is 4.57 Å². The SMILES string of the molecule is c1ccc(-c2ccc(N(c3ccc(-c4cccc5c(-c6ccccc6)cccc45)cc3)c3ccccc3-c3cccc4c3c3ccccc3n4-c3ccccc3)cc2)cc1. The van der Waals surface area contributed by atoms with Crippen LogP contribution < -0.4 is 4.90 Å². The zero-order valence-corrected chi connectivity index (χ0v) is 33.0. The second-order valence-corrected chi connectivity index (χ2v) is 15.3. The standard InChI is InChI=1S/C58H40N2/c1-4-17-41(18-5-1)42-33-37-46(38-34-42)59(47-39-35-44(36-40-47)49-26-15-27-50-48(25-14-28-51(49)50)43-19-6-2-7-20-43)55-30-12-10-23-52(55)53-29-16-32-57-58(53)54-24-11-13-31-56(54)60(57)45-21-8-3-9-22-45/h1-40H. The molecule has 60 heavy (non-hydrogen) atoms. The molecule has 2 nitrogen and oxygen atoms in total. The number of anilines is 3. The van der Waals surface area contributed by atoms with Crippen molar-refractivity contribution in [2.24, 2.45) is 0 Å². The van der Waals surface area contributed by atoms with E-state index < -0.39 is 0 Å². The quantitative estimate of drug-likeness (QED) is 0.150. The van der Waals surface area contributed by atoms with Gasteiger partial charge in [0.1, 0.15) is 0 Å². The maximum atomic E-state index is 2.42. The summed E-state index contributed by atoms with van der Waals surface area (Å²) in [7, 11) is 0. The number of para-hydroxylation sites is 3. The minimum absolute atomic E-state index is 1.09. The number of rotatable bonds is 8. The number of nitrogens with zero attached hydrogens (tertiary/aromatic N) is 2. The van der Waals surface area contributed by atoms with E-state index in [-0.39, 0.29) is 0 Å². The summed E-state index contributed by atoms with van der Waals surface area (Å²) < 4.78 is 2.39. The molecule has 0 atom stereocenters. The first-order valence-electron chi connectivity index (χ1n) is 20.6. The van der Waals surface area contributed by atoms with Crippen LogP contribution in [0.5, 0.6) is 0 Å². The minimum atomic E-state index is 1.09. The normalized spacial score (nSPS) is 11.3. The first-order chi connectivity index (χ1) is 29.8. The van der Waals surface area contributed by atoms with Crippen LogP contribution in [0, 0.1) is 0 Å². The Bertz CT molecular complexity index is 3270. The van der Waals surface area contributed by atoms with Crippen molar-refractivity contribution in [1.29, 1.82) is 0 Å². The average Bonchev–Trinajstić information content (AvgIpc) is 3.67. The van der Waals surface area contributed by atoms with Gasteiger partial charge in [-0.2, -0.15) is 0 Å². The van der Waals surface area contributed by atoms with Crippen LogP contribution in [0.25, 0.3) is 82.8 Å². The van der Waals surface area contributed by atoms with Gasteiger partial charge < -0.3 is 9.47 Å². The second kappa shape index (κ2) is 15.1. The molecule has 0 amide bonds. The molecule has 0 radical (unpaired) electrons. The lowest BCUT2D eigenvalue weighted by Gasteiger charge is -2.28. The molecule has 2 heteroatoms. The summed E-state index contributed by atoms with van der Waals surface area (Å²) in [6, 6.07) is 87.8. The summed E-state index contributed by atoms with van der Waals surface area (Å²) in [4.78, 5) is 2.42. The van der Waals surface area contributed by atoms with Crippen LogP contribution in [0.3, 0.4) is 0 Å². The lowest BCUT2D eigenvalue weighted by molar-refractivity contribution is 1.18. The highest BCUT2D eigenvalue weighted by molar-refractivity contribution is 6.17. The topological polar surface area (TPSA) is 8.17 Å². The predicted octanol–water partition coefficient (Wildman–Crippen LogP) is 16.1. The van der Waals surface area contributed by atoms with E-state index in [4.69, 9.17) is 0 Å². The summed E-state index contributed by atoms with van der Waals surface area (Å²) >= 11 is 0. The predicted molar refractivity (Wildman–Crippen MR) is 255 cm³/mol. The van der Waals surface area contributed by atoms with Crippen LogP contribution in [0.1, 0.15) is 0 Å². The van der Waals surface area contributed by atoms with Crippen LogP contribution in [-0.2, 0) is 0 Å². The van der Waals surface area contributed by atoms with Gasteiger partial charge >= 0.3 is 0 Å². The Balaban J connectivity index is 1.08. The molecule has 10 aromatic carbocycles. The van der Waals surface area contributed by atoms with Gasteiger partial charge in [-0.25, -0.2) is 0 Å². The Morgan fingerprint density at radius 2 is 0.700 bits per heavy atom. The van der Waals surface area contributed by atoms with Crippen molar-refractivity contribution < 1.29 is 0 Å². The fraction of sp³-hybridized carbons (Fsp3) is 0. The molecule has 0 spiro atoms. The first-order valence-corrected chi connectivity index (χ1v) is 20.6. The van der Waals surface area contributed by atoms with Gasteiger partial charge in [-0.3, -0.25) is 0 Å². The first kappa shape index (κ1) is 35.2. The number of benzene rings is 10. The van der Waals surface area contributed by atoms with E-state index >= 15 is 0 Å². The van der Waals surface area contributed by atoms with Crippen LogP contribution >= 0.6 is 0 Å². The number of aromatic nitrogens is 1. The Hall–Kier alpha value is -7.94. The van der Waals surface area contributed by atoms with E-state index in [0.29, 0.717) is 0 Å². The second-order valence-electron chi connectivity index (χ2n) is 15.3. The van der Waals surface area contributed by atoms with Gasteiger partial charge in [0.05, 0.1) is 16.7 Å². The van der Waals surface area contributed by atoms with Crippen molar-refractivity contribution in [3.05, 3.63) is 243 Å². The third-order valence-corrected chi connectivity index (χ3v) is 11.8. The maximum Gasteiger partial charge on any atom is 0.0547 e. The maximum absolute atomic E-state index is 2.42. The third-order valence-electron chi connectivity index (χ3n) is 11.8. The molecule has 0 aliphatic rings. The molecule has 0 unspecified atom stereocenters. The van der Waals surface area contributed by atoms with Gasteiger partial charge in [-0.1, -0.05) is 188 Å². The molecule has 11 aromatic rings. The van der Waals surface area contributed by atoms with Gasteiger partial charge in [0, 0.05) is 33.4 Å². The molecule has 0 N–H and O–H groups in total. The zero-order valence-electron chi connectivity index (χ0n) is 33.0. The molecule has 0 saturated heterocycles. The van der Waals surface area contributed by atoms with E-state index in [0.717, 1.165) is 28.3 Å². The Morgan fingerprint density at radius 3 is 1.37 bits per heavy atom. The summed E-state index contributed by atoms with van der Waals surface area (Å²) in [5, 5.41) is 4.97. The third kappa shape index (κ3) is 6.14. The number of hydrogen-bond acceptors (Lipinski definition) is 1. The van der Waals surface area contributed by atoms with Crippen LogP contribution in [0.15, 0.2) is 243 Å². The molecule has 282 valence electrons. The van der Waals surface area contributed by atoms with Crippen molar-refractivity contribution >= 4 is 49.6 Å². The largest absolute Gasteiger partial charge is 0.310 e.